The highest BCUT2D eigenvalue weighted by Gasteiger charge is 2.22. The molecule has 5 rings (SSSR count). The maximum atomic E-state index is 15.0. The lowest BCUT2D eigenvalue weighted by molar-refractivity contribution is 0.398. The van der Waals surface area contributed by atoms with Crippen LogP contribution in [0.2, 0.25) is 0 Å². The molecule has 0 saturated heterocycles. The first-order valence-corrected chi connectivity index (χ1v) is 10.7. The highest BCUT2D eigenvalue weighted by molar-refractivity contribution is 6.05. The van der Waals surface area contributed by atoms with Crippen LogP contribution in [0, 0.1) is 5.82 Å². The second-order valence-electron chi connectivity index (χ2n) is 7.81. The van der Waals surface area contributed by atoms with Crippen LogP contribution in [0.1, 0.15) is 12.5 Å². The monoisotopic (exact) mass is 459 g/mol. The van der Waals surface area contributed by atoms with Crippen LogP contribution in [-0.4, -0.2) is 38.3 Å². The molecule has 8 nitrogen and oxygen atoms in total. The van der Waals surface area contributed by atoms with Crippen molar-refractivity contribution in [2.75, 3.05) is 14.2 Å². The van der Waals surface area contributed by atoms with Crippen molar-refractivity contribution in [1.29, 1.82) is 0 Å². The molecule has 0 radical (unpaired) electrons. The molecule has 172 valence electrons. The van der Waals surface area contributed by atoms with Crippen molar-refractivity contribution >= 4 is 21.9 Å². The van der Waals surface area contributed by atoms with Gasteiger partial charge < -0.3 is 9.47 Å². The second kappa shape index (κ2) is 8.26. The van der Waals surface area contributed by atoms with Gasteiger partial charge in [0.05, 0.1) is 49.4 Å². The predicted molar refractivity (Wildman–Crippen MR) is 127 cm³/mol. The van der Waals surface area contributed by atoms with Crippen LogP contribution in [0.15, 0.2) is 53.8 Å². The lowest BCUT2D eigenvalue weighted by atomic mass is 9.96. The number of rotatable bonds is 5. The first-order chi connectivity index (χ1) is 16.5. The SMILES string of the molecule is CCc1cc2ncc3c(c2cc1-c1ccc(OC)nc1)n(-c1c(F)cncc1OC)c(=O)n3C. The van der Waals surface area contributed by atoms with Crippen molar-refractivity contribution in [2.45, 2.75) is 13.3 Å². The largest absolute Gasteiger partial charge is 0.493 e. The number of ether oxygens (including phenoxy) is 2. The van der Waals surface area contributed by atoms with Crippen LogP contribution in [0.25, 0.3) is 38.8 Å². The van der Waals surface area contributed by atoms with Gasteiger partial charge in [0.15, 0.2) is 11.6 Å². The number of imidazole rings is 1. The first kappa shape index (κ1) is 21.6. The van der Waals surface area contributed by atoms with Crippen LogP contribution < -0.4 is 15.2 Å². The minimum absolute atomic E-state index is 0.00725. The molecule has 0 aliphatic heterocycles. The van der Waals surface area contributed by atoms with Crippen LogP contribution >= 0.6 is 0 Å². The molecule has 4 heterocycles. The van der Waals surface area contributed by atoms with Gasteiger partial charge in [-0.25, -0.2) is 14.2 Å². The standard InChI is InChI=1S/C25H22FN5O3/c1-5-14-8-19-17(9-16(14)15-6-7-22(34-4)29-10-15)23-20(12-28-19)30(2)25(32)31(23)24-18(26)11-27-13-21(24)33-3/h6-13H,5H2,1-4H3. The Hall–Kier alpha value is -4.27. The Morgan fingerprint density at radius 2 is 1.85 bits per heavy atom. The molecule has 0 saturated carbocycles. The van der Waals surface area contributed by atoms with Crippen LogP contribution in [0.5, 0.6) is 11.6 Å². The third-order valence-corrected chi connectivity index (χ3v) is 6.03. The summed E-state index contributed by atoms with van der Waals surface area (Å²) in [6.45, 7) is 2.07. The molecule has 5 aromatic rings. The van der Waals surface area contributed by atoms with E-state index in [1.54, 1.807) is 32.6 Å². The van der Waals surface area contributed by atoms with Crippen LogP contribution in [0.3, 0.4) is 0 Å². The van der Waals surface area contributed by atoms with E-state index in [1.807, 2.05) is 18.2 Å². The molecule has 0 unspecified atom stereocenters. The lowest BCUT2D eigenvalue weighted by Crippen LogP contribution is -2.22. The van der Waals surface area contributed by atoms with Gasteiger partial charge in [-0.1, -0.05) is 6.92 Å². The Balaban J connectivity index is 1.91. The summed E-state index contributed by atoms with van der Waals surface area (Å²) in [5.41, 5.74) is 4.31. The number of pyridine rings is 3. The Morgan fingerprint density at radius 3 is 2.53 bits per heavy atom. The van der Waals surface area contributed by atoms with Gasteiger partial charge in [-0.15, -0.1) is 0 Å². The molecule has 0 N–H and O–H groups in total. The summed E-state index contributed by atoms with van der Waals surface area (Å²) in [6.07, 6.45) is 6.60. The summed E-state index contributed by atoms with van der Waals surface area (Å²) in [5.74, 6) is 0.0109. The molecule has 1 aromatic carbocycles. The highest BCUT2D eigenvalue weighted by atomic mass is 19.1. The van der Waals surface area contributed by atoms with Crippen molar-refractivity contribution in [3.8, 4) is 28.4 Å². The zero-order valence-electron chi connectivity index (χ0n) is 19.2. The van der Waals surface area contributed by atoms with E-state index in [1.165, 1.54) is 22.4 Å². The Labute approximate surface area is 194 Å². The average Bonchev–Trinajstić information content (AvgIpc) is 3.12. The molecule has 4 aromatic heterocycles. The van der Waals surface area contributed by atoms with E-state index in [0.29, 0.717) is 27.8 Å². The number of halogens is 1. The third kappa shape index (κ3) is 3.20. The normalized spacial score (nSPS) is 11.3. The summed E-state index contributed by atoms with van der Waals surface area (Å²) in [7, 11) is 4.62. The molecule has 0 aliphatic rings. The molecule has 0 atom stereocenters. The molecule has 0 spiro atoms. The van der Waals surface area contributed by atoms with Gasteiger partial charge >= 0.3 is 5.69 Å². The van der Waals surface area contributed by atoms with Crippen molar-refractivity contribution < 1.29 is 13.9 Å². The maximum absolute atomic E-state index is 15.0. The third-order valence-electron chi connectivity index (χ3n) is 6.03. The average molecular weight is 459 g/mol. The zero-order valence-corrected chi connectivity index (χ0v) is 19.2. The number of hydrogen-bond donors (Lipinski definition) is 0. The molecule has 0 amide bonds. The topological polar surface area (TPSA) is 84.1 Å². The van der Waals surface area contributed by atoms with Crippen molar-refractivity contribution in [3.05, 3.63) is 70.9 Å². The molecule has 34 heavy (non-hydrogen) atoms. The quantitative estimate of drug-likeness (QED) is 0.394. The predicted octanol–water partition coefficient (Wildman–Crippen LogP) is 4.05. The second-order valence-corrected chi connectivity index (χ2v) is 7.81. The number of benzene rings is 1. The van der Waals surface area contributed by atoms with Crippen LogP contribution in [0.4, 0.5) is 4.39 Å². The number of nitrogens with zero attached hydrogens (tertiary/aromatic N) is 5. The van der Waals surface area contributed by atoms with E-state index in [2.05, 4.69) is 21.9 Å². The Morgan fingerprint density at radius 1 is 1.03 bits per heavy atom. The minimum atomic E-state index is -0.663. The fraction of sp³-hybridized carbons (Fsp3) is 0.200. The fourth-order valence-electron chi connectivity index (χ4n) is 4.29. The Bertz CT molecular complexity index is 1610. The molecular formula is C25H22FN5O3. The maximum Gasteiger partial charge on any atom is 0.333 e. The fourth-order valence-corrected chi connectivity index (χ4v) is 4.29. The Kier molecular flexibility index (Phi) is 5.24. The summed E-state index contributed by atoms with van der Waals surface area (Å²) in [5, 5.41) is 0.705. The summed E-state index contributed by atoms with van der Waals surface area (Å²) >= 11 is 0. The van der Waals surface area contributed by atoms with Gasteiger partial charge in [-0.05, 0) is 35.7 Å². The van der Waals surface area contributed by atoms with Crippen LogP contribution in [-0.2, 0) is 13.5 Å². The van der Waals surface area contributed by atoms with Crippen molar-refractivity contribution in [3.63, 3.8) is 0 Å². The lowest BCUT2D eigenvalue weighted by Gasteiger charge is -2.13. The van der Waals surface area contributed by atoms with E-state index in [4.69, 9.17) is 9.47 Å². The first-order valence-electron chi connectivity index (χ1n) is 10.7. The molecule has 0 bridgehead atoms. The summed E-state index contributed by atoms with van der Waals surface area (Å²) in [4.78, 5) is 26.1. The molecule has 0 aliphatic carbocycles. The number of hydrogen-bond acceptors (Lipinski definition) is 6. The van der Waals surface area contributed by atoms with E-state index in [0.717, 1.165) is 29.3 Å². The number of aromatic nitrogens is 5. The van der Waals surface area contributed by atoms with Gasteiger partial charge in [0.25, 0.3) is 0 Å². The van der Waals surface area contributed by atoms with Gasteiger partial charge in [0.1, 0.15) is 5.69 Å². The van der Waals surface area contributed by atoms with E-state index in [9.17, 15) is 4.79 Å². The smallest absolute Gasteiger partial charge is 0.333 e. The molecule has 0 fully saturated rings. The minimum Gasteiger partial charge on any atom is -0.493 e. The van der Waals surface area contributed by atoms with Gasteiger partial charge in [0.2, 0.25) is 5.88 Å². The summed E-state index contributed by atoms with van der Waals surface area (Å²) < 4.78 is 28.3. The van der Waals surface area contributed by atoms with Gasteiger partial charge in [-0.3, -0.25) is 19.1 Å². The van der Waals surface area contributed by atoms with E-state index >= 15 is 4.39 Å². The molecular weight excluding hydrogens is 437 g/mol. The van der Waals surface area contributed by atoms with Gasteiger partial charge in [0, 0.05) is 30.3 Å². The summed E-state index contributed by atoms with van der Waals surface area (Å²) in [6, 6.07) is 7.71. The number of methoxy groups -OCH3 is 2. The van der Waals surface area contributed by atoms with Gasteiger partial charge in [-0.2, -0.15) is 0 Å². The van der Waals surface area contributed by atoms with E-state index < -0.39 is 11.5 Å². The number of aryl methyl sites for hydroxylation is 2. The highest BCUT2D eigenvalue weighted by Crippen LogP contribution is 2.34. The zero-order chi connectivity index (χ0) is 24.0. The van der Waals surface area contributed by atoms with Crippen molar-refractivity contribution in [2.24, 2.45) is 7.05 Å². The number of fused-ring (bicyclic) bond motifs is 3. The molecule has 9 heteroatoms. The van der Waals surface area contributed by atoms with Crippen molar-refractivity contribution in [1.82, 2.24) is 24.1 Å². The van der Waals surface area contributed by atoms with E-state index in [-0.39, 0.29) is 11.4 Å².